The lowest BCUT2D eigenvalue weighted by molar-refractivity contribution is -0.137. The lowest BCUT2D eigenvalue weighted by Gasteiger charge is -2.24. The van der Waals surface area contributed by atoms with Crippen LogP contribution >= 0.6 is 0 Å². The number of ether oxygens (including phenoxy) is 4. The number of hydrogen-bond acceptors (Lipinski definition) is 16. The molecule has 0 aliphatic heterocycles. The van der Waals surface area contributed by atoms with Gasteiger partial charge in [-0.05, 0) is 186 Å². The third-order valence-electron chi connectivity index (χ3n) is 21.6. The maximum atomic E-state index is 13.3. The Balaban J connectivity index is 0.000000149. The van der Waals surface area contributed by atoms with Gasteiger partial charge in [-0.2, -0.15) is 0 Å². The molecule has 4 N–H and O–H groups in total. The summed E-state index contributed by atoms with van der Waals surface area (Å²) in [4.78, 5) is 103. The van der Waals surface area contributed by atoms with Crippen LogP contribution in [-0.4, -0.2) is 132 Å². The number of amides is 4. The van der Waals surface area contributed by atoms with Crippen LogP contribution in [0.4, 0.5) is 0 Å². The summed E-state index contributed by atoms with van der Waals surface area (Å²) in [7, 11) is 0. The minimum absolute atomic E-state index is 0.00200. The molecule has 24 nitrogen and oxygen atoms in total. The fourth-order valence-corrected chi connectivity index (χ4v) is 14.2. The molecule has 0 bridgehead atoms. The maximum Gasteiger partial charge on any atom is 0.315 e. The monoisotopic (exact) mass is 1760 g/mol. The number of carbonyl (C=O) groups excluding carboxylic acids is 4. The second kappa shape index (κ2) is 47.8. The number of rotatable bonds is 39. The van der Waals surface area contributed by atoms with Crippen LogP contribution in [0, 0.1) is 23.9 Å². The van der Waals surface area contributed by atoms with Gasteiger partial charge in [0.15, 0.2) is 0 Å². The number of aliphatic carboxylic acids is 4. The van der Waals surface area contributed by atoms with Gasteiger partial charge in [0, 0.05) is 136 Å². The van der Waals surface area contributed by atoms with Crippen LogP contribution < -0.4 is 18.9 Å². The van der Waals surface area contributed by atoms with Gasteiger partial charge >= 0.3 is 23.9 Å². The molecular weight excluding hydrogens is 1660 g/mol. The molecule has 12 aromatic rings. The number of carboxylic acid groups (broad SMARTS) is 4. The standard InChI is InChI=1S/2C27H27NO5.C27H25NO5.C26H23NO5/c3*29-26(30)10-2-1-5-17-32-25-8-4-3-7-22(25)19-28(23-15-16-23)27(31)21-13-11-20(12-14-21)24-9-6-18-33-24;28-25(29)9-3-4-16-31-24-7-2-1-6-21(24)18-27(22-14-15-22)26(30)20-12-10-19(11-13-20)23-8-5-17-32-23/h1,3-9,11-14,18,23H,2,10,15-17,19H2,(H,29,30);1-4,6-9,11-14,18,23H,5,10,15-17,19H2,(H,29,30);3-4,6-9,11-14,18,23H,5,10,15-17,19H2,(H,29,30);1-2,5-8,10-13,17,22H,3,9,14-15,18H2,(H,28,29)/b5-1+;2-1-;;. The summed E-state index contributed by atoms with van der Waals surface area (Å²) >= 11 is 0. The quantitative estimate of drug-likeness (QED) is 0.0158. The first-order valence-electron chi connectivity index (χ1n) is 43.7. The van der Waals surface area contributed by atoms with E-state index in [-0.39, 0.29) is 79.9 Å². The number of allylic oxidation sites excluding steroid dienone is 1. The fourth-order valence-electron chi connectivity index (χ4n) is 14.2. The molecule has 4 heterocycles. The molecule has 16 rings (SSSR count). The highest BCUT2D eigenvalue weighted by Crippen LogP contribution is 2.38. The van der Waals surface area contributed by atoms with Gasteiger partial charge in [-0.3, -0.25) is 38.4 Å². The Bertz CT molecular complexity index is 5940. The van der Waals surface area contributed by atoms with E-state index in [0.717, 1.165) is 130 Å². The molecular formula is C107H102N4O20. The Hall–Kier alpha value is -15.6. The summed E-state index contributed by atoms with van der Waals surface area (Å²) in [6, 6.07) is 76.4. The van der Waals surface area contributed by atoms with Gasteiger partial charge in [0.2, 0.25) is 0 Å². The molecule has 670 valence electrons. The number of carboxylic acids is 4. The molecule has 8 aromatic carbocycles. The zero-order valence-electron chi connectivity index (χ0n) is 72.4. The lowest BCUT2D eigenvalue weighted by atomic mass is 10.1. The Morgan fingerprint density at radius 3 is 0.992 bits per heavy atom. The van der Waals surface area contributed by atoms with Crippen molar-refractivity contribution in [2.24, 2.45) is 0 Å². The third kappa shape index (κ3) is 29.0. The second-order valence-electron chi connectivity index (χ2n) is 31.5. The van der Waals surface area contributed by atoms with Crippen molar-refractivity contribution in [2.75, 3.05) is 19.8 Å². The first kappa shape index (κ1) is 93.1. The SMILES string of the molecule is O=C(O)C/C=C\CCOc1ccccc1CN(C(=O)c1ccc(-c2ccco2)cc1)C1CC1.O=C(O)CC#CCCOc1ccccc1CN(C(=O)c1ccc(-c2ccco2)cc1)C1CC1.O=C(O)CC/C=C/COc1ccccc1CN(C(=O)c1ccc(-c2ccco2)cc1)C1CC1.O=C(O)CCC#COc1ccccc1CN(C(=O)c1ccc(-c2ccco2)cc1)C1CC1. The Labute approximate surface area is 760 Å². The first-order chi connectivity index (χ1) is 64.0. The van der Waals surface area contributed by atoms with E-state index < -0.39 is 23.9 Å². The van der Waals surface area contributed by atoms with Crippen molar-refractivity contribution in [3.63, 3.8) is 0 Å². The number of furan rings is 4. The van der Waals surface area contributed by atoms with Crippen molar-refractivity contribution >= 4 is 47.5 Å². The molecule has 4 amide bonds. The molecule has 131 heavy (non-hydrogen) atoms. The number of benzene rings is 8. The zero-order chi connectivity index (χ0) is 91.5. The van der Waals surface area contributed by atoms with E-state index in [4.69, 9.17) is 57.0 Å². The molecule has 24 heteroatoms. The second-order valence-corrected chi connectivity index (χ2v) is 31.5. The van der Waals surface area contributed by atoms with E-state index in [9.17, 15) is 38.4 Å². The van der Waals surface area contributed by atoms with Gasteiger partial charge in [0.1, 0.15) is 65.2 Å². The van der Waals surface area contributed by atoms with Crippen LogP contribution in [0.1, 0.15) is 166 Å². The molecule has 0 spiro atoms. The molecule has 4 fully saturated rings. The van der Waals surface area contributed by atoms with Crippen molar-refractivity contribution in [2.45, 2.75) is 153 Å². The number of carbonyl (C=O) groups is 8. The van der Waals surface area contributed by atoms with E-state index >= 15 is 0 Å². The minimum atomic E-state index is -0.936. The lowest BCUT2D eigenvalue weighted by Crippen LogP contribution is -2.32. The number of nitrogens with zero attached hydrogens (tertiary/aromatic N) is 4. The van der Waals surface area contributed by atoms with Gasteiger partial charge in [-0.15, -0.1) is 0 Å². The van der Waals surface area contributed by atoms with E-state index in [1.54, 1.807) is 37.2 Å². The van der Waals surface area contributed by atoms with Gasteiger partial charge < -0.3 is 76.6 Å². The normalized spacial score (nSPS) is 12.9. The van der Waals surface area contributed by atoms with E-state index in [1.165, 1.54) is 0 Å². The van der Waals surface area contributed by atoms with E-state index in [0.29, 0.717) is 99.0 Å². The van der Waals surface area contributed by atoms with Gasteiger partial charge in [0.25, 0.3) is 23.6 Å². The smallest absolute Gasteiger partial charge is 0.315 e. The molecule has 0 atom stereocenters. The summed E-state index contributed by atoms with van der Waals surface area (Å²) in [6.07, 6.45) is 25.8. The molecule has 0 unspecified atom stereocenters. The van der Waals surface area contributed by atoms with Crippen LogP contribution in [-0.2, 0) is 45.4 Å². The summed E-state index contributed by atoms with van der Waals surface area (Å²) < 4.78 is 45.0. The van der Waals surface area contributed by atoms with Crippen molar-refractivity contribution in [3.8, 4) is 92.2 Å². The molecule has 4 aromatic heterocycles. The fraction of sp³-hybridized carbons (Fsp3) is 0.252. The van der Waals surface area contributed by atoms with Gasteiger partial charge in [0.05, 0.1) is 51.1 Å². The maximum absolute atomic E-state index is 13.3. The van der Waals surface area contributed by atoms with Crippen molar-refractivity contribution < 1.29 is 95.4 Å². The minimum Gasteiger partial charge on any atom is -0.493 e. The molecule has 0 saturated heterocycles. The summed E-state index contributed by atoms with van der Waals surface area (Å²) in [5.74, 6) is 10.4. The van der Waals surface area contributed by atoms with Crippen molar-refractivity contribution in [1.29, 1.82) is 0 Å². The van der Waals surface area contributed by atoms with Crippen LogP contribution in [0.25, 0.3) is 45.3 Å². The van der Waals surface area contributed by atoms with Crippen LogP contribution in [0.3, 0.4) is 0 Å². The van der Waals surface area contributed by atoms with Crippen LogP contribution in [0.2, 0.25) is 0 Å². The van der Waals surface area contributed by atoms with E-state index in [2.05, 4.69) is 23.9 Å². The van der Waals surface area contributed by atoms with Gasteiger partial charge in [-0.25, -0.2) is 0 Å². The average Bonchev–Trinajstić information content (AvgIpc) is 1.67. The number of para-hydroxylation sites is 4. The summed E-state index contributed by atoms with van der Waals surface area (Å²) in [6.45, 7) is 2.98. The largest absolute Gasteiger partial charge is 0.493 e. The van der Waals surface area contributed by atoms with E-state index in [1.807, 2.05) is 274 Å². The Morgan fingerprint density at radius 2 is 0.656 bits per heavy atom. The van der Waals surface area contributed by atoms with Gasteiger partial charge in [-0.1, -0.05) is 163 Å². The van der Waals surface area contributed by atoms with Crippen LogP contribution in [0.5, 0.6) is 23.0 Å². The summed E-state index contributed by atoms with van der Waals surface area (Å²) in [5.41, 5.74) is 9.98. The summed E-state index contributed by atoms with van der Waals surface area (Å²) in [5, 5.41) is 34.7. The highest BCUT2D eigenvalue weighted by atomic mass is 16.5. The molecule has 0 radical (unpaired) electrons. The van der Waals surface area contributed by atoms with Crippen molar-refractivity contribution in [3.05, 3.63) is 337 Å². The van der Waals surface area contributed by atoms with Crippen LogP contribution in [0.15, 0.2) is 310 Å². The number of hydrogen-bond donors (Lipinski definition) is 4. The Kier molecular flexibility index (Phi) is 34.0. The van der Waals surface area contributed by atoms with Crippen molar-refractivity contribution in [1.82, 2.24) is 19.6 Å². The average molecular weight is 1760 g/mol. The third-order valence-corrected chi connectivity index (χ3v) is 21.6. The first-order valence-corrected chi connectivity index (χ1v) is 43.7. The molecule has 4 aliphatic rings. The topological polar surface area (TPSA) is 320 Å². The predicted molar refractivity (Wildman–Crippen MR) is 492 cm³/mol. The molecule has 4 aliphatic carbocycles. The highest BCUT2D eigenvalue weighted by molar-refractivity contribution is 5.97. The highest BCUT2D eigenvalue weighted by Gasteiger charge is 2.38. The Morgan fingerprint density at radius 1 is 0.321 bits per heavy atom. The molecule has 4 saturated carbocycles. The zero-order valence-corrected chi connectivity index (χ0v) is 72.4. The predicted octanol–water partition coefficient (Wildman–Crippen LogP) is 21.1.